The molecule has 0 aromatic rings. The minimum Gasteiger partial charge on any atom is -0.759 e. The molecule has 32 valence electrons. The van der Waals surface area contributed by atoms with E-state index in [1.807, 2.05) is 0 Å². The second-order valence-corrected chi connectivity index (χ2v) is 1.22. The average Bonchev–Trinajstić information content (AvgIpc) is 0.722. The van der Waals surface area contributed by atoms with E-state index >= 15 is 0 Å². The van der Waals surface area contributed by atoms with Crippen LogP contribution in [0.4, 0.5) is 0 Å². The van der Waals surface area contributed by atoms with E-state index in [0.717, 1.165) is 0 Å². The Morgan fingerprint density at radius 2 is 1.00 bits per heavy atom. The van der Waals surface area contributed by atoms with Crippen molar-refractivity contribution in [1.29, 1.82) is 0 Å². The molecule has 0 rings (SSSR count). The Bertz CT molecular complexity index is 92.9. The summed E-state index contributed by atoms with van der Waals surface area (Å²) in [6.07, 6.45) is 0. The Morgan fingerprint density at radius 1 is 1.00 bits per heavy atom. The van der Waals surface area contributed by atoms with Crippen molar-refractivity contribution in [3.63, 3.8) is 0 Å². The van der Waals surface area contributed by atoms with E-state index in [-0.39, 0.29) is 46.1 Å². The van der Waals surface area contributed by atoms with Crippen LogP contribution in [-0.4, -0.2) is 63.6 Å². The van der Waals surface area contributed by atoms with Crippen LogP contribution < -0.4 is 0 Å². The van der Waals surface area contributed by atoms with Gasteiger partial charge in [-0.15, -0.1) is 0 Å². The number of rotatable bonds is 0. The van der Waals surface area contributed by atoms with Gasteiger partial charge in [0.25, 0.3) is 0 Å². The molecule has 7 heteroatoms. The monoisotopic (exact) mass is 144 g/mol. The Hall–Kier alpha value is 1.40. The van der Waals surface area contributed by atoms with Crippen LogP contribution >= 0.6 is 0 Å². The van der Waals surface area contributed by atoms with Crippen molar-refractivity contribution in [2.75, 3.05) is 0 Å². The van der Waals surface area contributed by atoms with Crippen molar-refractivity contribution in [2.45, 2.75) is 0 Å². The molecule has 0 N–H and O–H groups in total. The molecule has 0 spiro atoms. The van der Waals surface area contributed by atoms with Crippen LogP contribution in [0.5, 0.6) is 0 Å². The van der Waals surface area contributed by atoms with Gasteiger partial charge in [0.2, 0.25) is 0 Å². The van der Waals surface area contributed by atoms with E-state index < -0.39 is 10.4 Å². The summed E-state index contributed by atoms with van der Waals surface area (Å²) in [6, 6.07) is 0. The summed E-state index contributed by atoms with van der Waals surface area (Å²) in [7, 11) is -5.17. The van der Waals surface area contributed by atoms with E-state index in [9.17, 15) is 0 Å². The Balaban J connectivity index is -0.0000000800. The van der Waals surface area contributed by atoms with E-state index in [1.165, 1.54) is 0 Å². The molecule has 0 atom stereocenters. The first-order valence-corrected chi connectivity index (χ1v) is 2.00. The number of hydrogen-bond acceptors (Lipinski definition) is 4. The molecule has 7 heavy (non-hydrogen) atoms. The summed E-state index contributed by atoms with van der Waals surface area (Å²) in [5, 5.41) is 0. The van der Waals surface area contributed by atoms with Gasteiger partial charge in [-0.2, -0.15) is 0 Å². The fraction of sp³-hybridized carbons (Fsp3) is 0. The average molecular weight is 145 g/mol. The van der Waals surface area contributed by atoms with Crippen LogP contribution in [0.3, 0.4) is 0 Å². The third-order valence-corrected chi connectivity index (χ3v) is 0. The van der Waals surface area contributed by atoms with E-state index in [4.69, 9.17) is 17.5 Å². The summed E-state index contributed by atoms with van der Waals surface area (Å²) in [5.74, 6) is 0. The maximum absolute atomic E-state index is 8.52. The molecule has 0 fully saturated rings. The summed E-state index contributed by atoms with van der Waals surface area (Å²) >= 11 is 0. The zero-order chi connectivity index (χ0) is 4.50. The second-order valence-electron chi connectivity index (χ2n) is 0.408. The predicted molar refractivity (Wildman–Crippen MR) is 22.0 cm³/mol. The first-order valence-electron chi connectivity index (χ1n) is 0.667. The van der Waals surface area contributed by atoms with Gasteiger partial charge in [0, 0.05) is 10.4 Å². The molecule has 0 saturated carbocycles. The number of hydrogen-bond donors (Lipinski definition) is 0. The SMILES string of the molecule is O=S(=O)([O-])[O-].[Mg+2].[Mg+2]. The molecule has 0 saturated heterocycles. The van der Waals surface area contributed by atoms with Gasteiger partial charge in [-0.3, -0.25) is 8.42 Å². The third kappa shape index (κ3) is 110. The van der Waals surface area contributed by atoms with E-state index in [2.05, 4.69) is 0 Å². The van der Waals surface area contributed by atoms with Crippen LogP contribution in [0.2, 0.25) is 0 Å². The Labute approximate surface area is 73.5 Å². The molecule has 0 unspecified atom stereocenters. The smallest absolute Gasteiger partial charge is 0.759 e. The third-order valence-electron chi connectivity index (χ3n) is 0. The maximum atomic E-state index is 8.52. The zero-order valence-corrected chi connectivity index (χ0v) is 7.10. The summed E-state index contributed by atoms with van der Waals surface area (Å²) in [4.78, 5) is 0. The van der Waals surface area contributed by atoms with Crippen molar-refractivity contribution in [3.05, 3.63) is 0 Å². The van der Waals surface area contributed by atoms with Crippen molar-refractivity contribution < 1.29 is 17.5 Å². The van der Waals surface area contributed by atoms with Crippen LogP contribution in [0.15, 0.2) is 0 Å². The van der Waals surface area contributed by atoms with Crippen LogP contribution in [0.1, 0.15) is 0 Å². The summed E-state index contributed by atoms with van der Waals surface area (Å²) < 4.78 is 34.1. The first-order chi connectivity index (χ1) is 2.00. The fourth-order valence-electron chi connectivity index (χ4n) is 0. The van der Waals surface area contributed by atoms with Crippen molar-refractivity contribution in [2.24, 2.45) is 0 Å². The molecule has 0 heterocycles. The quantitative estimate of drug-likeness (QED) is 0.222. The Morgan fingerprint density at radius 3 is 1.00 bits per heavy atom. The summed E-state index contributed by atoms with van der Waals surface area (Å²) in [6.45, 7) is 0. The van der Waals surface area contributed by atoms with E-state index in [1.54, 1.807) is 0 Å². The molecular formula is Mg2O4S+2. The molecule has 0 aliphatic carbocycles. The topological polar surface area (TPSA) is 80.3 Å². The zero-order valence-electron chi connectivity index (χ0n) is 3.46. The molecule has 0 aliphatic rings. The minimum atomic E-state index is -5.17. The molecule has 4 nitrogen and oxygen atoms in total. The van der Waals surface area contributed by atoms with Crippen LogP contribution in [-0.2, 0) is 10.4 Å². The van der Waals surface area contributed by atoms with Gasteiger partial charge >= 0.3 is 46.1 Å². The Kier molecular flexibility index (Phi) is 12.5. The van der Waals surface area contributed by atoms with Gasteiger partial charge in [0.15, 0.2) is 0 Å². The van der Waals surface area contributed by atoms with Crippen molar-refractivity contribution in [3.8, 4) is 0 Å². The van der Waals surface area contributed by atoms with Crippen LogP contribution in [0, 0.1) is 0 Å². The van der Waals surface area contributed by atoms with Gasteiger partial charge < -0.3 is 9.11 Å². The van der Waals surface area contributed by atoms with E-state index in [0.29, 0.717) is 0 Å². The molecular weight excluding hydrogens is 145 g/mol. The van der Waals surface area contributed by atoms with Gasteiger partial charge in [0.1, 0.15) is 0 Å². The summed E-state index contributed by atoms with van der Waals surface area (Å²) in [5.41, 5.74) is 0. The largest absolute Gasteiger partial charge is 2.00 e. The van der Waals surface area contributed by atoms with Crippen LogP contribution in [0.25, 0.3) is 0 Å². The standard InChI is InChI=1S/2Mg.H2O4S/c;;1-5(2,3)4/h;;(H2,1,2,3,4)/q2*+2;/p-2. The maximum Gasteiger partial charge on any atom is 2.00 e. The second kappa shape index (κ2) is 5.54. The molecule has 0 aromatic carbocycles. The normalized spacial score (nSPS) is 8.29. The van der Waals surface area contributed by atoms with Gasteiger partial charge in [-0.1, -0.05) is 0 Å². The molecule has 0 aromatic heterocycles. The van der Waals surface area contributed by atoms with Crippen molar-refractivity contribution in [1.82, 2.24) is 0 Å². The van der Waals surface area contributed by atoms with Gasteiger partial charge in [-0.25, -0.2) is 0 Å². The van der Waals surface area contributed by atoms with Gasteiger partial charge in [0.05, 0.1) is 0 Å². The molecule has 0 radical (unpaired) electrons. The predicted octanol–water partition coefficient (Wildman–Crippen LogP) is -2.10. The molecule has 0 amide bonds. The van der Waals surface area contributed by atoms with Crippen molar-refractivity contribution >= 4 is 56.5 Å². The van der Waals surface area contributed by atoms with Gasteiger partial charge in [-0.05, 0) is 0 Å². The molecule has 0 aliphatic heterocycles. The molecule has 0 bridgehead atoms. The minimum absolute atomic E-state index is 0. The fourth-order valence-corrected chi connectivity index (χ4v) is 0. The first kappa shape index (κ1) is 15.8.